The summed E-state index contributed by atoms with van der Waals surface area (Å²) >= 11 is 0. The van der Waals surface area contributed by atoms with E-state index in [0.717, 1.165) is 27.7 Å². The molecule has 1 aromatic carbocycles. The van der Waals surface area contributed by atoms with Gasteiger partial charge in [-0.25, -0.2) is 0 Å². The fourth-order valence-corrected chi connectivity index (χ4v) is 1.84. The molecular weight excluding hydrogens is 184 g/mol. The molecule has 1 aromatic heterocycles. The molecule has 0 fully saturated rings. The Hall–Kier alpha value is -1.88. The molecule has 15 heavy (non-hydrogen) atoms. The van der Waals surface area contributed by atoms with Gasteiger partial charge in [-0.15, -0.1) is 0 Å². The van der Waals surface area contributed by atoms with Gasteiger partial charge in [0.2, 0.25) is 0 Å². The molecule has 0 spiro atoms. The predicted octanol–water partition coefficient (Wildman–Crippen LogP) is 2.92. The van der Waals surface area contributed by atoms with Crippen LogP contribution in [0.1, 0.15) is 16.8 Å². The second-order valence-electron chi connectivity index (χ2n) is 3.73. The maximum Gasteiger partial charge on any atom is 0.0737 e. The van der Waals surface area contributed by atoms with Crippen LogP contribution in [0.15, 0.2) is 24.3 Å². The Bertz CT molecular complexity index is 550. The molecular formula is C13H12N2. The van der Waals surface area contributed by atoms with Crippen LogP contribution in [0.2, 0.25) is 0 Å². The molecule has 0 unspecified atom stereocenters. The van der Waals surface area contributed by atoms with E-state index in [2.05, 4.69) is 11.1 Å². The zero-order chi connectivity index (χ0) is 10.8. The van der Waals surface area contributed by atoms with Crippen molar-refractivity contribution < 1.29 is 0 Å². The molecule has 0 bridgehead atoms. The minimum absolute atomic E-state index is 0.448. The Morgan fingerprint density at radius 3 is 2.87 bits per heavy atom. The fraction of sp³-hybridized carbons (Fsp3) is 0.231. The number of benzene rings is 1. The zero-order valence-corrected chi connectivity index (χ0v) is 8.91. The van der Waals surface area contributed by atoms with Crippen LogP contribution in [-0.2, 0) is 6.42 Å². The van der Waals surface area contributed by atoms with Crippen LogP contribution >= 0.6 is 0 Å². The molecule has 0 radical (unpaired) electrons. The number of para-hydroxylation sites is 1. The maximum atomic E-state index is 8.77. The lowest BCUT2D eigenvalue weighted by atomic mass is 10.0. The number of aryl methyl sites for hydroxylation is 2. The van der Waals surface area contributed by atoms with Crippen molar-refractivity contribution in [1.29, 1.82) is 5.26 Å². The van der Waals surface area contributed by atoms with E-state index in [0.29, 0.717) is 6.42 Å². The van der Waals surface area contributed by atoms with Crippen molar-refractivity contribution in [1.82, 2.24) is 4.98 Å². The quantitative estimate of drug-likeness (QED) is 0.703. The van der Waals surface area contributed by atoms with Crippen molar-refractivity contribution in [3.8, 4) is 6.07 Å². The van der Waals surface area contributed by atoms with Gasteiger partial charge in [-0.2, -0.15) is 5.26 Å². The summed E-state index contributed by atoms with van der Waals surface area (Å²) in [5.41, 5.74) is 4.23. The molecule has 0 aliphatic heterocycles. The highest BCUT2D eigenvalue weighted by molar-refractivity contribution is 5.85. The Morgan fingerprint density at radius 2 is 2.13 bits per heavy atom. The van der Waals surface area contributed by atoms with Crippen LogP contribution in [0.5, 0.6) is 0 Å². The van der Waals surface area contributed by atoms with Crippen LogP contribution < -0.4 is 0 Å². The number of rotatable bonds is 1. The highest BCUT2D eigenvalue weighted by Crippen LogP contribution is 2.21. The molecule has 1 heterocycles. The number of pyridine rings is 1. The summed E-state index contributed by atoms with van der Waals surface area (Å²) in [7, 11) is 0. The van der Waals surface area contributed by atoms with E-state index in [9.17, 15) is 0 Å². The van der Waals surface area contributed by atoms with E-state index < -0.39 is 0 Å². The topological polar surface area (TPSA) is 36.7 Å². The van der Waals surface area contributed by atoms with Gasteiger partial charge in [0.1, 0.15) is 0 Å². The average Bonchev–Trinajstić information content (AvgIpc) is 2.20. The smallest absolute Gasteiger partial charge is 0.0737 e. The van der Waals surface area contributed by atoms with Gasteiger partial charge in [-0.3, -0.25) is 4.98 Å². The Labute approximate surface area is 89.2 Å². The molecule has 0 saturated carbocycles. The first-order valence-corrected chi connectivity index (χ1v) is 4.95. The van der Waals surface area contributed by atoms with Crippen molar-refractivity contribution in [3.63, 3.8) is 0 Å². The highest BCUT2D eigenvalue weighted by atomic mass is 14.7. The van der Waals surface area contributed by atoms with Gasteiger partial charge in [0.15, 0.2) is 0 Å². The first kappa shape index (κ1) is 9.67. The second kappa shape index (κ2) is 3.70. The molecule has 0 saturated heterocycles. The first-order valence-electron chi connectivity index (χ1n) is 4.95. The third-order valence-electron chi connectivity index (χ3n) is 2.52. The second-order valence-corrected chi connectivity index (χ2v) is 3.73. The number of hydrogen-bond acceptors (Lipinski definition) is 2. The molecule has 0 aliphatic rings. The molecule has 0 N–H and O–H groups in total. The lowest BCUT2D eigenvalue weighted by molar-refractivity contribution is 1.19. The van der Waals surface area contributed by atoms with Crippen LogP contribution in [0.4, 0.5) is 0 Å². The van der Waals surface area contributed by atoms with Crippen molar-refractivity contribution in [2.75, 3.05) is 0 Å². The summed E-state index contributed by atoms with van der Waals surface area (Å²) in [5.74, 6) is 0. The minimum Gasteiger partial charge on any atom is -0.253 e. The summed E-state index contributed by atoms with van der Waals surface area (Å²) in [6, 6.07) is 10.3. The van der Waals surface area contributed by atoms with Gasteiger partial charge in [-0.1, -0.05) is 18.2 Å². The number of fused-ring (bicyclic) bond motifs is 1. The highest BCUT2D eigenvalue weighted by Gasteiger charge is 2.04. The minimum atomic E-state index is 0.448. The van der Waals surface area contributed by atoms with Gasteiger partial charge in [-0.05, 0) is 31.0 Å². The summed E-state index contributed by atoms with van der Waals surface area (Å²) in [4.78, 5) is 4.51. The summed E-state index contributed by atoms with van der Waals surface area (Å²) in [5, 5.41) is 9.87. The molecule has 74 valence electrons. The standard InChI is InChI=1S/C13H12N2/c1-9-4-3-5-12-11(6-7-14)8-10(2)15-13(9)12/h3-5,8H,6H2,1-2H3. The SMILES string of the molecule is Cc1cc(CC#N)c2cccc(C)c2n1. The van der Waals surface area contributed by atoms with E-state index in [4.69, 9.17) is 5.26 Å². The molecule has 2 nitrogen and oxygen atoms in total. The van der Waals surface area contributed by atoms with Crippen molar-refractivity contribution in [3.05, 3.63) is 41.1 Å². The maximum absolute atomic E-state index is 8.77. The summed E-state index contributed by atoms with van der Waals surface area (Å²) in [6.45, 7) is 4.01. The molecule has 0 amide bonds. The van der Waals surface area contributed by atoms with Crippen LogP contribution in [0.3, 0.4) is 0 Å². The third-order valence-corrected chi connectivity index (χ3v) is 2.52. The van der Waals surface area contributed by atoms with Crippen LogP contribution in [0.25, 0.3) is 10.9 Å². The van der Waals surface area contributed by atoms with E-state index in [1.807, 2.05) is 38.1 Å². The molecule has 2 aromatic rings. The summed E-state index contributed by atoms with van der Waals surface area (Å²) < 4.78 is 0. The normalized spacial score (nSPS) is 10.2. The molecule has 2 heteroatoms. The predicted molar refractivity (Wildman–Crippen MR) is 60.5 cm³/mol. The lowest BCUT2D eigenvalue weighted by Gasteiger charge is -2.06. The molecule has 2 rings (SSSR count). The molecule has 0 atom stereocenters. The average molecular weight is 196 g/mol. The molecule has 0 aliphatic carbocycles. The number of hydrogen-bond donors (Lipinski definition) is 0. The van der Waals surface area contributed by atoms with Crippen LogP contribution in [0, 0.1) is 25.2 Å². The number of aromatic nitrogens is 1. The van der Waals surface area contributed by atoms with E-state index in [1.165, 1.54) is 0 Å². The number of nitrogens with zero attached hydrogens (tertiary/aromatic N) is 2. The van der Waals surface area contributed by atoms with Gasteiger partial charge < -0.3 is 0 Å². The lowest BCUT2D eigenvalue weighted by Crippen LogP contribution is -1.92. The Morgan fingerprint density at radius 1 is 1.33 bits per heavy atom. The van der Waals surface area contributed by atoms with Crippen LogP contribution in [-0.4, -0.2) is 4.98 Å². The van der Waals surface area contributed by atoms with E-state index in [1.54, 1.807) is 0 Å². The first-order chi connectivity index (χ1) is 7.22. The van der Waals surface area contributed by atoms with E-state index >= 15 is 0 Å². The van der Waals surface area contributed by atoms with Gasteiger partial charge >= 0.3 is 0 Å². The monoisotopic (exact) mass is 196 g/mol. The van der Waals surface area contributed by atoms with Crippen molar-refractivity contribution in [2.45, 2.75) is 20.3 Å². The van der Waals surface area contributed by atoms with Gasteiger partial charge in [0.25, 0.3) is 0 Å². The number of nitriles is 1. The third kappa shape index (κ3) is 1.69. The Balaban J connectivity index is 2.81. The van der Waals surface area contributed by atoms with Gasteiger partial charge in [0, 0.05) is 11.1 Å². The Kier molecular flexibility index (Phi) is 2.39. The fourth-order valence-electron chi connectivity index (χ4n) is 1.84. The summed E-state index contributed by atoms with van der Waals surface area (Å²) in [6.07, 6.45) is 0.448. The largest absolute Gasteiger partial charge is 0.253 e. The van der Waals surface area contributed by atoms with Crippen molar-refractivity contribution in [2.24, 2.45) is 0 Å². The van der Waals surface area contributed by atoms with Gasteiger partial charge in [0.05, 0.1) is 18.0 Å². The van der Waals surface area contributed by atoms with E-state index in [-0.39, 0.29) is 0 Å². The zero-order valence-electron chi connectivity index (χ0n) is 8.91. The van der Waals surface area contributed by atoms with Crippen molar-refractivity contribution >= 4 is 10.9 Å².